The number of rotatable bonds is 5. The van der Waals surface area contributed by atoms with Crippen molar-refractivity contribution in [2.24, 2.45) is 0 Å². The number of nitrogens with zero attached hydrogens (tertiary/aromatic N) is 2. The first kappa shape index (κ1) is 12.6. The number of nitrogen functional groups attached to an aromatic ring is 1. The highest BCUT2D eigenvalue weighted by molar-refractivity contribution is 5.44. The number of nitrogens with two attached hydrogens (primary N) is 1. The molecule has 0 aliphatic heterocycles. The second-order valence-electron chi connectivity index (χ2n) is 4.40. The van der Waals surface area contributed by atoms with E-state index in [1.807, 2.05) is 30.3 Å². The molecule has 4 nitrogen and oxygen atoms in total. The van der Waals surface area contributed by atoms with Gasteiger partial charge in [0.25, 0.3) is 0 Å². The minimum Gasteiger partial charge on any atom is -0.392 e. The van der Waals surface area contributed by atoms with Crippen molar-refractivity contribution in [1.82, 2.24) is 9.78 Å². The van der Waals surface area contributed by atoms with Gasteiger partial charge in [-0.1, -0.05) is 25.5 Å². The third-order valence-electron chi connectivity index (χ3n) is 2.91. The van der Waals surface area contributed by atoms with Gasteiger partial charge in [-0.2, -0.15) is 5.10 Å². The first-order valence-corrected chi connectivity index (χ1v) is 6.29. The molecule has 0 unspecified atom stereocenters. The molecule has 0 aliphatic carbocycles. The molecule has 0 fully saturated rings. The molecule has 0 spiro atoms. The summed E-state index contributed by atoms with van der Waals surface area (Å²) in [5.74, 6) is 0.635. The van der Waals surface area contributed by atoms with Crippen LogP contribution in [0.25, 0.3) is 5.69 Å². The second-order valence-corrected chi connectivity index (χ2v) is 4.40. The Kier molecular flexibility index (Phi) is 3.99. The summed E-state index contributed by atoms with van der Waals surface area (Å²) < 4.78 is 1.73. The van der Waals surface area contributed by atoms with E-state index in [4.69, 9.17) is 10.8 Å². The summed E-state index contributed by atoms with van der Waals surface area (Å²) in [7, 11) is 0. The van der Waals surface area contributed by atoms with Gasteiger partial charge in [0.05, 0.1) is 18.0 Å². The third-order valence-corrected chi connectivity index (χ3v) is 2.91. The lowest BCUT2D eigenvalue weighted by Crippen LogP contribution is -2.02. The van der Waals surface area contributed by atoms with E-state index in [0.29, 0.717) is 5.82 Å². The summed E-state index contributed by atoms with van der Waals surface area (Å²) in [5.41, 5.74) is 8.74. The maximum Gasteiger partial charge on any atom is 0.127 e. The molecule has 0 radical (unpaired) electrons. The Morgan fingerprint density at radius 1 is 1.33 bits per heavy atom. The van der Waals surface area contributed by atoms with E-state index in [1.54, 1.807) is 4.68 Å². The average Bonchev–Trinajstić information content (AvgIpc) is 2.77. The number of benzene rings is 1. The number of anilines is 1. The predicted molar refractivity (Wildman–Crippen MR) is 72.5 cm³/mol. The Balaban J connectivity index is 2.29. The molecule has 4 heteroatoms. The number of aliphatic hydroxyl groups is 1. The van der Waals surface area contributed by atoms with Crippen LogP contribution in [0.1, 0.15) is 31.0 Å². The van der Waals surface area contributed by atoms with Gasteiger partial charge in [0.15, 0.2) is 0 Å². The van der Waals surface area contributed by atoms with E-state index in [1.165, 1.54) is 0 Å². The lowest BCUT2D eigenvalue weighted by Gasteiger charge is -2.05. The molecule has 2 rings (SSSR count). The molecule has 0 saturated carbocycles. The maximum absolute atomic E-state index is 9.14. The molecule has 1 aromatic heterocycles. The van der Waals surface area contributed by atoms with Crippen LogP contribution in [0.2, 0.25) is 0 Å². The minimum atomic E-state index is 0.0255. The fraction of sp³-hybridized carbons (Fsp3) is 0.357. The van der Waals surface area contributed by atoms with E-state index in [9.17, 15) is 0 Å². The summed E-state index contributed by atoms with van der Waals surface area (Å²) >= 11 is 0. The van der Waals surface area contributed by atoms with Crippen molar-refractivity contribution in [1.29, 1.82) is 0 Å². The molecular formula is C14H19N3O. The Bertz CT molecular complexity index is 520. The Morgan fingerprint density at radius 2 is 2.17 bits per heavy atom. The van der Waals surface area contributed by atoms with E-state index < -0.39 is 0 Å². The predicted octanol–water partition coefficient (Wildman–Crippen LogP) is 2.29. The molecule has 2 aromatic rings. The maximum atomic E-state index is 9.14. The summed E-state index contributed by atoms with van der Waals surface area (Å²) in [6, 6.07) is 9.52. The Morgan fingerprint density at radius 3 is 2.89 bits per heavy atom. The lowest BCUT2D eigenvalue weighted by atomic mass is 10.2. The van der Waals surface area contributed by atoms with E-state index in [-0.39, 0.29) is 6.61 Å². The standard InChI is InChI=1S/C14H19N3O/c1-2-3-6-12-9-14(15)17(16-12)13-7-4-5-11(8-13)10-18/h4-5,7-9,18H,2-3,6,10,15H2,1H3. The smallest absolute Gasteiger partial charge is 0.127 e. The highest BCUT2D eigenvalue weighted by Gasteiger charge is 2.07. The van der Waals surface area contributed by atoms with Crippen LogP contribution >= 0.6 is 0 Å². The molecule has 0 saturated heterocycles. The van der Waals surface area contributed by atoms with Gasteiger partial charge in [-0.05, 0) is 30.5 Å². The molecule has 0 bridgehead atoms. The fourth-order valence-corrected chi connectivity index (χ4v) is 1.92. The van der Waals surface area contributed by atoms with Gasteiger partial charge < -0.3 is 10.8 Å². The molecule has 96 valence electrons. The van der Waals surface area contributed by atoms with Gasteiger partial charge in [0, 0.05) is 6.07 Å². The van der Waals surface area contributed by atoms with Crippen molar-refractivity contribution < 1.29 is 5.11 Å². The van der Waals surface area contributed by atoms with Crippen LogP contribution < -0.4 is 5.73 Å². The van der Waals surface area contributed by atoms with Gasteiger partial charge in [-0.3, -0.25) is 0 Å². The van der Waals surface area contributed by atoms with E-state index in [0.717, 1.165) is 36.2 Å². The topological polar surface area (TPSA) is 64.1 Å². The van der Waals surface area contributed by atoms with E-state index >= 15 is 0 Å². The lowest BCUT2D eigenvalue weighted by molar-refractivity contribution is 0.282. The van der Waals surface area contributed by atoms with Crippen LogP contribution in [0.3, 0.4) is 0 Å². The number of hydrogen-bond donors (Lipinski definition) is 2. The normalized spacial score (nSPS) is 10.8. The monoisotopic (exact) mass is 245 g/mol. The zero-order chi connectivity index (χ0) is 13.0. The number of aliphatic hydroxyl groups excluding tert-OH is 1. The molecule has 1 heterocycles. The highest BCUT2D eigenvalue weighted by atomic mass is 16.3. The van der Waals surface area contributed by atoms with Crippen LogP contribution in [0.5, 0.6) is 0 Å². The molecule has 1 aromatic carbocycles. The molecule has 18 heavy (non-hydrogen) atoms. The SMILES string of the molecule is CCCCc1cc(N)n(-c2cccc(CO)c2)n1. The van der Waals surface area contributed by atoms with Crippen LogP contribution in [-0.2, 0) is 13.0 Å². The van der Waals surface area contributed by atoms with Crippen LogP contribution in [0, 0.1) is 0 Å². The summed E-state index contributed by atoms with van der Waals surface area (Å²) in [5, 5.41) is 13.6. The van der Waals surface area contributed by atoms with Gasteiger partial charge in [-0.25, -0.2) is 4.68 Å². The summed E-state index contributed by atoms with van der Waals surface area (Å²) in [4.78, 5) is 0. The summed E-state index contributed by atoms with van der Waals surface area (Å²) in [6.45, 7) is 2.18. The zero-order valence-corrected chi connectivity index (χ0v) is 10.6. The van der Waals surface area contributed by atoms with Crippen LogP contribution in [0.15, 0.2) is 30.3 Å². The largest absolute Gasteiger partial charge is 0.392 e. The van der Waals surface area contributed by atoms with Crippen LogP contribution in [0.4, 0.5) is 5.82 Å². The third kappa shape index (κ3) is 2.71. The number of hydrogen-bond acceptors (Lipinski definition) is 3. The minimum absolute atomic E-state index is 0.0255. The van der Waals surface area contributed by atoms with Gasteiger partial charge in [0.2, 0.25) is 0 Å². The Labute approximate surface area is 107 Å². The molecule has 0 atom stereocenters. The quantitative estimate of drug-likeness (QED) is 0.849. The van der Waals surface area contributed by atoms with Crippen molar-refractivity contribution >= 4 is 5.82 Å². The van der Waals surface area contributed by atoms with Gasteiger partial charge in [-0.15, -0.1) is 0 Å². The molecular weight excluding hydrogens is 226 g/mol. The zero-order valence-electron chi connectivity index (χ0n) is 10.6. The number of unbranched alkanes of at least 4 members (excludes halogenated alkanes) is 1. The average molecular weight is 245 g/mol. The van der Waals surface area contributed by atoms with Gasteiger partial charge in [0.1, 0.15) is 5.82 Å². The first-order chi connectivity index (χ1) is 8.74. The first-order valence-electron chi connectivity index (χ1n) is 6.29. The fourth-order valence-electron chi connectivity index (χ4n) is 1.92. The van der Waals surface area contributed by atoms with Crippen molar-refractivity contribution in [2.75, 3.05) is 5.73 Å². The van der Waals surface area contributed by atoms with Crippen molar-refractivity contribution in [2.45, 2.75) is 32.8 Å². The van der Waals surface area contributed by atoms with Crippen LogP contribution in [-0.4, -0.2) is 14.9 Å². The van der Waals surface area contributed by atoms with Gasteiger partial charge >= 0.3 is 0 Å². The molecule has 0 amide bonds. The summed E-state index contributed by atoms with van der Waals surface area (Å²) in [6.07, 6.45) is 3.22. The molecule has 0 aliphatic rings. The van der Waals surface area contributed by atoms with E-state index in [2.05, 4.69) is 12.0 Å². The number of aryl methyl sites for hydroxylation is 1. The van der Waals surface area contributed by atoms with Crippen molar-refractivity contribution in [3.05, 3.63) is 41.6 Å². The highest BCUT2D eigenvalue weighted by Crippen LogP contribution is 2.17. The second kappa shape index (κ2) is 5.69. The molecule has 3 N–H and O–H groups in total. The van der Waals surface area contributed by atoms with Crippen molar-refractivity contribution in [3.8, 4) is 5.69 Å². The van der Waals surface area contributed by atoms with Crippen molar-refractivity contribution in [3.63, 3.8) is 0 Å². The Hall–Kier alpha value is -1.81. The number of aromatic nitrogens is 2.